The van der Waals surface area contributed by atoms with Crippen molar-refractivity contribution in [3.8, 4) is 5.75 Å². The molecule has 0 saturated carbocycles. The van der Waals surface area contributed by atoms with Crippen LogP contribution < -0.4 is 9.92 Å². The Balaban J connectivity index is 2.51. The van der Waals surface area contributed by atoms with Gasteiger partial charge in [-0.05, 0) is 18.2 Å². The second-order valence-electron chi connectivity index (χ2n) is 4.77. The van der Waals surface area contributed by atoms with E-state index in [1.165, 1.54) is 6.07 Å². The lowest BCUT2D eigenvalue weighted by Gasteiger charge is -2.27. The van der Waals surface area contributed by atoms with Gasteiger partial charge in [0, 0.05) is 26.3 Å². The Morgan fingerprint density at radius 3 is 2.09 bits per heavy atom. The zero-order chi connectivity index (χ0) is 17.0. The second-order valence-corrected chi connectivity index (χ2v) is 7.07. The van der Waals surface area contributed by atoms with Crippen LogP contribution in [0.5, 0.6) is 5.75 Å². The smallest absolute Gasteiger partial charge is 0.467 e. The molecule has 1 aliphatic heterocycles. The Labute approximate surface area is 133 Å². The summed E-state index contributed by atoms with van der Waals surface area (Å²) in [5, 5.41) is 0.283. The largest absolute Gasteiger partial charge is 0.742 e. The van der Waals surface area contributed by atoms with E-state index < -0.39 is 26.7 Å². The molecule has 0 atom stereocenters. The molecule has 8 nitrogen and oxygen atoms in total. The van der Waals surface area contributed by atoms with Crippen molar-refractivity contribution in [2.24, 2.45) is 0 Å². The summed E-state index contributed by atoms with van der Waals surface area (Å²) in [6, 6.07) is 4.73. The van der Waals surface area contributed by atoms with Gasteiger partial charge < -0.3 is 22.8 Å². The lowest BCUT2D eigenvalue weighted by atomic mass is 10.2. The van der Waals surface area contributed by atoms with Gasteiger partial charge in [0.05, 0.1) is 11.8 Å². The van der Waals surface area contributed by atoms with Crippen molar-refractivity contribution >= 4 is 31.9 Å². The summed E-state index contributed by atoms with van der Waals surface area (Å²) in [5.41, 5.74) is 0.664. The van der Waals surface area contributed by atoms with Crippen LogP contribution in [0.15, 0.2) is 18.2 Å². The summed E-state index contributed by atoms with van der Waals surface area (Å²) in [6.45, 7) is 3.82. The summed E-state index contributed by atoms with van der Waals surface area (Å²) < 4.78 is 26.0. The van der Waals surface area contributed by atoms with E-state index >= 15 is 0 Å². The van der Waals surface area contributed by atoms with E-state index in [9.17, 15) is 14.4 Å². The molecule has 9 heteroatoms. The highest BCUT2D eigenvalue weighted by atomic mass is 28.4. The fourth-order valence-electron chi connectivity index (χ4n) is 2.09. The lowest BCUT2D eigenvalue weighted by molar-refractivity contribution is -0.146. The SMILES string of the molecule is CC(=O)O[Si](OC(C)=O)(OC(C)=O)c1ccc2c(c1)COCO2. The first-order chi connectivity index (χ1) is 10.8. The Kier molecular flexibility index (Phi) is 5.01. The van der Waals surface area contributed by atoms with E-state index in [0.29, 0.717) is 11.3 Å². The molecule has 23 heavy (non-hydrogen) atoms. The Bertz CT molecular complexity index is 601. The number of hydrogen-bond acceptors (Lipinski definition) is 8. The topological polar surface area (TPSA) is 97.4 Å². The van der Waals surface area contributed by atoms with E-state index in [-0.39, 0.29) is 18.6 Å². The molecule has 1 aromatic carbocycles. The summed E-state index contributed by atoms with van der Waals surface area (Å²) in [4.78, 5) is 34.4. The van der Waals surface area contributed by atoms with E-state index in [0.717, 1.165) is 20.8 Å². The van der Waals surface area contributed by atoms with Crippen molar-refractivity contribution in [2.75, 3.05) is 6.79 Å². The quantitative estimate of drug-likeness (QED) is 0.726. The molecule has 0 aliphatic carbocycles. The number of carbonyl (C=O) groups excluding carboxylic acids is 3. The van der Waals surface area contributed by atoms with E-state index in [1.54, 1.807) is 12.1 Å². The monoisotopic (exact) mass is 340 g/mol. The lowest BCUT2D eigenvalue weighted by Crippen LogP contribution is -2.59. The molecule has 0 aromatic heterocycles. The van der Waals surface area contributed by atoms with Crippen molar-refractivity contribution in [3.05, 3.63) is 23.8 Å². The van der Waals surface area contributed by atoms with Gasteiger partial charge in [-0.15, -0.1) is 0 Å². The van der Waals surface area contributed by atoms with Gasteiger partial charge in [0.1, 0.15) is 5.75 Å². The fraction of sp³-hybridized carbons (Fsp3) is 0.357. The van der Waals surface area contributed by atoms with Gasteiger partial charge in [-0.3, -0.25) is 14.4 Å². The molecule has 0 N–H and O–H groups in total. The summed E-state index contributed by atoms with van der Waals surface area (Å²) in [5.74, 6) is -1.60. The molecule has 1 aromatic rings. The molecule has 0 radical (unpaired) electrons. The van der Waals surface area contributed by atoms with E-state index in [2.05, 4.69) is 0 Å². The highest BCUT2D eigenvalue weighted by molar-refractivity contribution is 6.79. The first-order valence-electron chi connectivity index (χ1n) is 6.75. The molecule has 0 amide bonds. The highest BCUT2D eigenvalue weighted by Crippen LogP contribution is 2.24. The maximum absolute atomic E-state index is 11.5. The normalized spacial score (nSPS) is 13.3. The number of rotatable bonds is 4. The third kappa shape index (κ3) is 4.08. The van der Waals surface area contributed by atoms with Gasteiger partial charge in [0.15, 0.2) is 6.79 Å². The van der Waals surface area contributed by atoms with Crippen LogP contribution in [0.2, 0.25) is 0 Å². The standard InChI is InChI=1S/C14H16O8Si/c1-9(15)20-23(21-10(2)16,22-11(3)17)13-4-5-14-12(6-13)7-18-8-19-14/h4-6H,7-8H2,1-3H3. The molecule has 0 bridgehead atoms. The van der Waals surface area contributed by atoms with Crippen molar-refractivity contribution < 1.29 is 37.1 Å². The average molecular weight is 340 g/mol. The maximum Gasteiger partial charge on any atom is 0.742 e. The first kappa shape index (κ1) is 17.0. The van der Waals surface area contributed by atoms with Crippen LogP contribution >= 0.6 is 0 Å². The van der Waals surface area contributed by atoms with Crippen LogP contribution in [0.3, 0.4) is 0 Å². The molecule has 2 rings (SSSR count). The minimum Gasteiger partial charge on any atom is -0.467 e. The molecule has 0 spiro atoms. The summed E-state index contributed by atoms with van der Waals surface area (Å²) in [7, 11) is -4.08. The summed E-state index contributed by atoms with van der Waals surface area (Å²) >= 11 is 0. The molecular formula is C14H16O8Si. The number of carbonyl (C=O) groups is 3. The second kappa shape index (κ2) is 6.80. The molecular weight excluding hydrogens is 324 g/mol. The molecule has 0 unspecified atom stereocenters. The zero-order valence-electron chi connectivity index (χ0n) is 12.9. The number of benzene rings is 1. The van der Waals surface area contributed by atoms with E-state index in [4.69, 9.17) is 22.8 Å². The minimum absolute atomic E-state index is 0.132. The van der Waals surface area contributed by atoms with Crippen molar-refractivity contribution in [1.29, 1.82) is 0 Å². The maximum atomic E-state index is 11.5. The Morgan fingerprint density at radius 1 is 1.00 bits per heavy atom. The molecule has 0 saturated heterocycles. The van der Waals surface area contributed by atoms with Crippen LogP contribution in [0.4, 0.5) is 0 Å². The minimum atomic E-state index is -4.08. The third-order valence-corrected chi connectivity index (χ3v) is 5.49. The van der Waals surface area contributed by atoms with Gasteiger partial charge in [-0.1, -0.05) is 0 Å². The number of fused-ring (bicyclic) bond motifs is 1. The van der Waals surface area contributed by atoms with Gasteiger partial charge in [0.25, 0.3) is 17.9 Å². The van der Waals surface area contributed by atoms with Gasteiger partial charge in [-0.25, -0.2) is 0 Å². The van der Waals surface area contributed by atoms with Crippen LogP contribution in [0, 0.1) is 0 Å². The van der Waals surface area contributed by atoms with Crippen molar-refractivity contribution in [3.63, 3.8) is 0 Å². The first-order valence-corrected chi connectivity index (χ1v) is 8.47. The molecule has 1 heterocycles. The van der Waals surface area contributed by atoms with Crippen LogP contribution in [-0.2, 0) is 39.0 Å². The molecule has 124 valence electrons. The van der Waals surface area contributed by atoms with Crippen LogP contribution in [0.25, 0.3) is 0 Å². The molecule has 1 aliphatic rings. The van der Waals surface area contributed by atoms with Crippen molar-refractivity contribution in [2.45, 2.75) is 27.4 Å². The summed E-state index contributed by atoms with van der Waals surface area (Å²) in [6.07, 6.45) is 0. The molecule has 0 fully saturated rings. The Hall–Kier alpha value is -2.39. The highest BCUT2D eigenvalue weighted by Gasteiger charge is 2.55. The van der Waals surface area contributed by atoms with Crippen LogP contribution in [-0.4, -0.2) is 33.5 Å². The van der Waals surface area contributed by atoms with Crippen LogP contribution in [0.1, 0.15) is 26.3 Å². The Morgan fingerprint density at radius 2 is 1.57 bits per heavy atom. The van der Waals surface area contributed by atoms with Gasteiger partial charge in [-0.2, -0.15) is 0 Å². The zero-order valence-corrected chi connectivity index (χ0v) is 13.9. The third-order valence-electron chi connectivity index (χ3n) is 2.80. The van der Waals surface area contributed by atoms with Gasteiger partial charge >= 0.3 is 8.80 Å². The average Bonchev–Trinajstić information content (AvgIpc) is 2.44. The number of ether oxygens (including phenoxy) is 2. The fourth-order valence-corrected chi connectivity index (χ4v) is 4.34. The number of hydrogen-bond donors (Lipinski definition) is 0. The van der Waals surface area contributed by atoms with Crippen molar-refractivity contribution in [1.82, 2.24) is 0 Å². The predicted octanol–water partition coefficient (Wildman–Crippen LogP) is 0.388. The van der Waals surface area contributed by atoms with E-state index in [1.807, 2.05) is 0 Å². The van der Waals surface area contributed by atoms with Gasteiger partial charge in [0.2, 0.25) is 0 Å². The predicted molar refractivity (Wildman–Crippen MR) is 77.4 cm³/mol.